The topological polar surface area (TPSA) is 54.5 Å². The maximum Gasteiger partial charge on any atom is 0.100 e. The van der Waals surface area contributed by atoms with Crippen molar-refractivity contribution in [2.75, 3.05) is 0 Å². The fraction of sp³-hybridized carbons (Fsp3) is 0.750. The fourth-order valence-electron chi connectivity index (χ4n) is 2.06. The van der Waals surface area contributed by atoms with Gasteiger partial charge in [-0.1, -0.05) is 31.9 Å². The molecule has 0 radical (unpaired) electrons. The first kappa shape index (κ1) is 11.1. The normalized spacial score (nSPS) is 15.4. The summed E-state index contributed by atoms with van der Waals surface area (Å²) in [7, 11) is 0. The van der Waals surface area contributed by atoms with Gasteiger partial charge in [0.05, 0.1) is 18.2 Å². The zero-order valence-electron chi connectivity index (χ0n) is 9.98. The number of aromatic nitrogens is 3. The minimum Gasteiger partial charge on any atom is -0.249 e. The summed E-state index contributed by atoms with van der Waals surface area (Å²) in [6.45, 7) is 5.22. The van der Waals surface area contributed by atoms with Gasteiger partial charge in [-0.2, -0.15) is 5.26 Å². The number of nitrogens with zero attached hydrogens (tertiary/aromatic N) is 4. The van der Waals surface area contributed by atoms with Gasteiger partial charge in [-0.05, 0) is 18.3 Å². The Morgan fingerprint density at radius 2 is 2.25 bits per heavy atom. The summed E-state index contributed by atoms with van der Waals surface area (Å²) in [6, 6.07) is 2.15. The Labute approximate surface area is 96.3 Å². The number of hydrogen-bond donors (Lipinski definition) is 0. The molecule has 0 aliphatic heterocycles. The standard InChI is InChI=1S/C12H18N4/c1-9(2)12-11(5-7-13)14-15-16(12)8-6-10-3-4-10/h9-10H,3-6,8H2,1-2H3. The van der Waals surface area contributed by atoms with Crippen molar-refractivity contribution in [3.63, 3.8) is 0 Å². The molecule has 1 saturated carbocycles. The highest BCUT2D eigenvalue weighted by Gasteiger charge is 2.22. The highest BCUT2D eigenvalue weighted by atomic mass is 15.4. The zero-order chi connectivity index (χ0) is 11.5. The maximum atomic E-state index is 8.74. The van der Waals surface area contributed by atoms with Crippen molar-refractivity contribution in [1.82, 2.24) is 15.0 Å². The third-order valence-corrected chi connectivity index (χ3v) is 3.09. The molecule has 0 saturated heterocycles. The van der Waals surface area contributed by atoms with Crippen molar-refractivity contribution in [3.05, 3.63) is 11.4 Å². The van der Waals surface area contributed by atoms with Crippen LogP contribution in [0.1, 0.15) is 50.4 Å². The van der Waals surface area contributed by atoms with Crippen molar-refractivity contribution >= 4 is 0 Å². The highest BCUT2D eigenvalue weighted by molar-refractivity contribution is 5.17. The molecule has 1 aromatic heterocycles. The van der Waals surface area contributed by atoms with E-state index in [2.05, 4.69) is 30.2 Å². The van der Waals surface area contributed by atoms with E-state index in [9.17, 15) is 0 Å². The Morgan fingerprint density at radius 1 is 1.50 bits per heavy atom. The van der Waals surface area contributed by atoms with Crippen molar-refractivity contribution in [3.8, 4) is 6.07 Å². The minimum absolute atomic E-state index is 0.372. The first-order chi connectivity index (χ1) is 7.72. The quantitative estimate of drug-likeness (QED) is 0.761. The van der Waals surface area contributed by atoms with Gasteiger partial charge in [-0.25, -0.2) is 4.68 Å². The molecule has 4 nitrogen and oxygen atoms in total. The Balaban J connectivity index is 2.12. The average molecular weight is 218 g/mol. The molecule has 1 fully saturated rings. The fourth-order valence-corrected chi connectivity index (χ4v) is 2.06. The van der Waals surface area contributed by atoms with Gasteiger partial charge in [0.2, 0.25) is 0 Å². The van der Waals surface area contributed by atoms with Crippen LogP contribution in [0.2, 0.25) is 0 Å². The van der Waals surface area contributed by atoms with E-state index in [1.807, 2.05) is 4.68 Å². The molecule has 1 aliphatic carbocycles. The summed E-state index contributed by atoms with van der Waals surface area (Å²) < 4.78 is 2.00. The lowest BCUT2D eigenvalue weighted by atomic mass is 10.1. The molecule has 0 aromatic carbocycles. The van der Waals surface area contributed by atoms with Gasteiger partial charge in [0.1, 0.15) is 5.69 Å². The molecule has 1 aromatic rings. The third kappa shape index (κ3) is 2.41. The largest absolute Gasteiger partial charge is 0.249 e. The molecule has 0 spiro atoms. The Kier molecular flexibility index (Phi) is 3.23. The van der Waals surface area contributed by atoms with Gasteiger partial charge >= 0.3 is 0 Å². The van der Waals surface area contributed by atoms with Crippen LogP contribution in [-0.2, 0) is 13.0 Å². The second-order valence-electron chi connectivity index (χ2n) is 4.87. The van der Waals surface area contributed by atoms with Crippen LogP contribution in [0.3, 0.4) is 0 Å². The van der Waals surface area contributed by atoms with E-state index in [-0.39, 0.29) is 0 Å². The number of aryl methyl sites for hydroxylation is 1. The van der Waals surface area contributed by atoms with E-state index in [0.29, 0.717) is 12.3 Å². The number of nitriles is 1. The minimum atomic E-state index is 0.372. The van der Waals surface area contributed by atoms with Crippen molar-refractivity contribution in [2.45, 2.75) is 52.0 Å². The van der Waals surface area contributed by atoms with Crippen molar-refractivity contribution in [2.24, 2.45) is 5.92 Å². The summed E-state index contributed by atoms with van der Waals surface area (Å²) in [5, 5.41) is 17.0. The Hall–Kier alpha value is -1.37. The SMILES string of the molecule is CC(C)c1c(CC#N)nnn1CCC1CC1. The van der Waals surface area contributed by atoms with Crippen molar-refractivity contribution in [1.29, 1.82) is 5.26 Å². The number of rotatable bonds is 5. The lowest BCUT2D eigenvalue weighted by Crippen LogP contribution is -2.08. The molecular weight excluding hydrogens is 200 g/mol. The Morgan fingerprint density at radius 3 is 2.81 bits per heavy atom. The smallest absolute Gasteiger partial charge is 0.100 e. The highest BCUT2D eigenvalue weighted by Crippen LogP contribution is 2.33. The van der Waals surface area contributed by atoms with Crippen LogP contribution in [0.15, 0.2) is 0 Å². The molecule has 4 heteroatoms. The molecule has 16 heavy (non-hydrogen) atoms. The Bertz CT molecular complexity index is 396. The first-order valence-corrected chi connectivity index (χ1v) is 6.01. The predicted molar refractivity (Wildman–Crippen MR) is 60.8 cm³/mol. The van der Waals surface area contributed by atoms with E-state index in [0.717, 1.165) is 23.9 Å². The molecule has 0 unspecified atom stereocenters. The average Bonchev–Trinajstić information content (AvgIpc) is 2.98. The first-order valence-electron chi connectivity index (χ1n) is 6.01. The zero-order valence-corrected chi connectivity index (χ0v) is 9.98. The summed E-state index contributed by atoms with van der Waals surface area (Å²) in [5.74, 6) is 1.29. The van der Waals surface area contributed by atoms with Gasteiger partial charge < -0.3 is 0 Å². The summed E-state index contributed by atoms with van der Waals surface area (Å²) in [6.07, 6.45) is 4.32. The molecular formula is C12H18N4. The third-order valence-electron chi connectivity index (χ3n) is 3.09. The van der Waals surface area contributed by atoms with E-state index in [4.69, 9.17) is 5.26 Å². The summed E-state index contributed by atoms with van der Waals surface area (Å²) in [4.78, 5) is 0. The molecule has 2 rings (SSSR count). The van der Waals surface area contributed by atoms with Gasteiger partial charge in [-0.15, -0.1) is 5.10 Å². The number of hydrogen-bond acceptors (Lipinski definition) is 3. The summed E-state index contributed by atoms with van der Waals surface area (Å²) >= 11 is 0. The summed E-state index contributed by atoms with van der Waals surface area (Å²) in [5.41, 5.74) is 2.00. The van der Waals surface area contributed by atoms with Crippen LogP contribution >= 0.6 is 0 Å². The van der Waals surface area contributed by atoms with Crippen LogP contribution < -0.4 is 0 Å². The van der Waals surface area contributed by atoms with Gasteiger partial charge in [-0.3, -0.25) is 0 Å². The van der Waals surface area contributed by atoms with E-state index < -0.39 is 0 Å². The second kappa shape index (κ2) is 4.65. The van der Waals surface area contributed by atoms with E-state index in [1.54, 1.807) is 0 Å². The lowest BCUT2D eigenvalue weighted by molar-refractivity contribution is 0.504. The van der Waals surface area contributed by atoms with E-state index >= 15 is 0 Å². The monoisotopic (exact) mass is 218 g/mol. The van der Waals surface area contributed by atoms with E-state index in [1.165, 1.54) is 19.3 Å². The molecule has 86 valence electrons. The van der Waals surface area contributed by atoms with Gasteiger partial charge in [0.15, 0.2) is 0 Å². The van der Waals surface area contributed by atoms with Crippen LogP contribution in [0.5, 0.6) is 0 Å². The van der Waals surface area contributed by atoms with Crippen LogP contribution in [0.4, 0.5) is 0 Å². The van der Waals surface area contributed by atoms with Crippen LogP contribution in [-0.4, -0.2) is 15.0 Å². The van der Waals surface area contributed by atoms with Gasteiger partial charge in [0, 0.05) is 6.54 Å². The van der Waals surface area contributed by atoms with Crippen LogP contribution in [0.25, 0.3) is 0 Å². The predicted octanol–water partition coefficient (Wildman–Crippen LogP) is 2.27. The van der Waals surface area contributed by atoms with Gasteiger partial charge in [0.25, 0.3) is 0 Å². The lowest BCUT2D eigenvalue weighted by Gasteiger charge is -2.09. The van der Waals surface area contributed by atoms with Crippen molar-refractivity contribution < 1.29 is 0 Å². The molecule has 0 bridgehead atoms. The molecule has 1 aliphatic rings. The van der Waals surface area contributed by atoms with Crippen LogP contribution in [0, 0.1) is 17.2 Å². The molecule has 0 N–H and O–H groups in total. The maximum absolute atomic E-state index is 8.74. The molecule has 1 heterocycles. The molecule has 0 amide bonds. The second-order valence-corrected chi connectivity index (χ2v) is 4.87. The molecule has 0 atom stereocenters.